The maximum absolute atomic E-state index is 11.9. The minimum atomic E-state index is 0.344. The molecule has 1 aliphatic heterocycles. The third-order valence-electron chi connectivity index (χ3n) is 3.80. The van der Waals surface area contributed by atoms with E-state index in [1.54, 1.807) is 0 Å². The normalized spacial score (nSPS) is 26.6. The molecule has 2 nitrogen and oxygen atoms in total. The minimum absolute atomic E-state index is 0.344. The summed E-state index contributed by atoms with van der Waals surface area (Å²) in [6, 6.07) is 10.3. The Kier molecular flexibility index (Phi) is 2.43. The minimum Gasteiger partial charge on any atom is -0.342 e. The van der Waals surface area contributed by atoms with E-state index in [2.05, 4.69) is 17.0 Å². The van der Waals surface area contributed by atoms with E-state index in [9.17, 15) is 4.79 Å². The van der Waals surface area contributed by atoms with E-state index < -0.39 is 0 Å². The zero-order chi connectivity index (χ0) is 11.0. The summed E-state index contributed by atoms with van der Waals surface area (Å²) < 4.78 is 0. The second-order valence-electron chi connectivity index (χ2n) is 5.04. The summed E-state index contributed by atoms with van der Waals surface area (Å²) in [5, 5.41) is 0. The zero-order valence-corrected chi connectivity index (χ0v) is 9.43. The van der Waals surface area contributed by atoms with Crippen molar-refractivity contribution in [1.29, 1.82) is 0 Å². The van der Waals surface area contributed by atoms with Gasteiger partial charge in [-0.2, -0.15) is 0 Å². The summed E-state index contributed by atoms with van der Waals surface area (Å²) in [6.45, 7) is 2.05. The number of carbonyl (C=O) groups is 1. The Balaban J connectivity index is 1.50. The van der Waals surface area contributed by atoms with Gasteiger partial charge in [-0.1, -0.05) is 30.3 Å². The highest BCUT2D eigenvalue weighted by atomic mass is 16.2. The van der Waals surface area contributed by atoms with Gasteiger partial charge in [0.15, 0.2) is 0 Å². The number of carbonyl (C=O) groups excluding carboxylic acids is 1. The molecule has 1 aromatic carbocycles. The Morgan fingerprint density at radius 1 is 1.19 bits per heavy atom. The number of nitrogens with zero attached hydrogens (tertiary/aromatic N) is 1. The fraction of sp³-hybridized carbons (Fsp3) is 0.500. The maximum atomic E-state index is 11.9. The van der Waals surface area contributed by atoms with Crippen molar-refractivity contribution < 1.29 is 4.79 Å². The molecular formula is C14H17NO. The van der Waals surface area contributed by atoms with Gasteiger partial charge >= 0.3 is 0 Å². The van der Waals surface area contributed by atoms with Crippen LogP contribution in [-0.4, -0.2) is 23.9 Å². The Bertz CT molecular complexity index is 377. The van der Waals surface area contributed by atoms with Crippen LogP contribution in [0.4, 0.5) is 0 Å². The number of aryl methyl sites for hydroxylation is 1. The molecule has 3 rings (SSSR count). The molecule has 2 unspecified atom stereocenters. The topological polar surface area (TPSA) is 20.3 Å². The van der Waals surface area contributed by atoms with E-state index in [0.29, 0.717) is 12.3 Å². The largest absolute Gasteiger partial charge is 0.342 e. The predicted molar refractivity (Wildman–Crippen MR) is 62.9 cm³/mol. The van der Waals surface area contributed by atoms with Crippen LogP contribution in [0.15, 0.2) is 30.3 Å². The quantitative estimate of drug-likeness (QED) is 0.756. The molecule has 0 bridgehead atoms. The van der Waals surface area contributed by atoms with Crippen LogP contribution in [0.5, 0.6) is 0 Å². The van der Waals surface area contributed by atoms with Crippen molar-refractivity contribution in [2.45, 2.75) is 19.3 Å². The molecule has 2 aliphatic rings. The van der Waals surface area contributed by atoms with Crippen LogP contribution in [0.1, 0.15) is 18.4 Å². The fourth-order valence-electron chi connectivity index (χ4n) is 2.66. The van der Waals surface area contributed by atoms with Crippen LogP contribution >= 0.6 is 0 Å². The average molecular weight is 215 g/mol. The molecule has 0 spiro atoms. The van der Waals surface area contributed by atoms with Crippen molar-refractivity contribution in [3.8, 4) is 0 Å². The number of hydrogen-bond donors (Lipinski definition) is 0. The summed E-state index contributed by atoms with van der Waals surface area (Å²) in [7, 11) is 0. The van der Waals surface area contributed by atoms with E-state index in [1.807, 2.05) is 18.2 Å². The van der Waals surface area contributed by atoms with Gasteiger partial charge in [-0.3, -0.25) is 4.79 Å². The molecular weight excluding hydrogens is 198 g/mol. The van der Waals surface area contributed by atoms with Crippen molar-refractivity contribution in [3.05, 3.63) is 35.9 Å². The van der Waals surface area contributed by atoms with Gasteiger partial charge in [-0.25, -0.2) is 0 Å². The average Bonchev–Trinajstić information content (AvgIpc) is 2.94. The highest BCUT2D eigenvalue weighted by Crippen LogP contribution is 2.44. The van der Waals surface area contributed by atoms with Crippen molar-refractivity contribution >= 4 is 5.91 Å². The van der Waals surface area contributed by atoms with Gasteiger partial charge in [0, 0.05) is 19.5 Å². The molecule has 0 aromatic heterocycles. The highest BCUT2D eigenvalue weighted by molar-refractivity contribution is 5.77. The second-order valence-corrected chi connectivity index (χ2v) is 5.04. The monoisotopic (exact) mass is 215 g/mol. The van der Waals surface area contributed by atoms with Crippen molar-refractivity contribution in [2.24, 2.45) is 11.8 Å². The van der Waals surface area contributed by atoms with Gasteiger partial charge in [-0.05, 0) is 30.2 Å². The number of likely N-dealkylation sites (tertiary alicyclic amines) is 1. The van der Waals surface area contributed by atoms with Gasteiger partial charge in [0.2, 0.25) is 5.91 Å². The molecule has 84 valence electrons. The van der Waals surface area contributed by atoms with Crippen LogP contribution in [0.25, 0.3) is 0 Å². The van der Waals surface area contributed by atoms with Gasteiger partial charge in [-0.15, -0.1) is 0 Å². The van der Waals surface area contributed by atoms with Gasteiger partial charge in [0.1, 0.15) is 0 Å². The molecule has 2 atom stereocenters. The first-order valence-electron chi connectivity index (χ1n) is 6.14. The van der Waals surface area contributed by atoms with Crippen LogP contribution in [0.3, 0.4) is 0 Å². The third kappa shape index (κ3) is 1.97. The molecule has 1 heterocycles. The third-order valence-corrected chi connectivity index (χ3v) is 3.80. The summed E-state index contributed by atoms with van der Waals surface area (Å²) in [4.78, 5) is 14.0. The number of benzene rings is 1. The summed E-state index contributed by atoms with van der Waals surface area (Å²) in [6.07, 6.45) is 2.91. The second kappa shape index (κ2) is 3.93. The summed E-state index contributed by atoms with van der Waals surface area (Å²) in [5.41, 5.74) is 1.26. The highest BCUT2D eigenvalue weighted by Gasteiger charge is 2.46. The number of amides is 1. The van der Waals surface area contributed by atoms with Crippen molar-refractivity contribution in [3.63, 3.8) is 0 Å². The van der Waals surface area contributed by atoms with E-state index in [4.69, 9.17) is 0 Å². The van der Waals surface area contributed by atoms with E-state index in [0.717, 1.165) is 31.3 Å². The molecule has 1 saturated heterocycles. The molecule has 1 aliphatic carbocycles. The van der Waals surface area contributed by atoms with Crippen LogP contribution in [0, 0.1) is 11.8 Å². The fourth-order valence-corrected chi connectivity index (χ4v) is 2.66. The molecule has 2 heteroatoms. The number of fused-ring (bicyclic) bond motifs is 1. The Morgan fingerprint density at radius 2 is 1.88 bits per heavy atom. The Labute approximate surface area is 96.3 Å². The Hall–Kier alpha value is -1.31. The number of piperidine rings is 1. The zero-order valence-electron chi connectivity index (χ0n) is 9.43. The molecule has 2 fully saturated rings. The Morgan fingerprint density at radius 3 is 2.56 bits per heavy atom. The molecule has 1 aromatic rings. The van der Waals surface area contributed by atoms with E-state index >= 15 is 0 Å². The lowest BCUT2D eigenvalue weighted by molar-refractivity contribution is -0.130. The lowest BCUT2D eigenvalue weighted by Crippen LogP contribution is -2.30. The molecule has 0 N–H and O–H groups in total. The van der Waals surface area contributed by atoms with E-state index in [1.165, 1.54) is 12.0 Å². The smallest absolute Gasteiger partial charge is 0.222 e. The van der Waals surface area contributed by atoms with Gasteiger partial charge in [0.05, 0.1) is 0 Å². The molecule has 16 heavy (non-hydrogen) atoms. The maximum Gasteiger partial charge on any atom is 0.222 e. The van der Waals surface area contributed by atoms with Crippen molar-refractivity contribution in [1.82, 2.24) is 4.90 Å². The van der Waals surface area contributed by atoms with Crippen LogP contribution in [0.2, 0.25) is 0 Å². The van der Waals surface area contributed by atoms with Crippen molar-refractivity contribution in [2.75, 3.05) is 13.1 Å². The molecule has 1 amide bonds. The molecule has 0 radical (unpaired) electrons. The first kappa shape index (κ1) is 9.88. The van der Waals surface area contributed by atoms with Crippen LogP contribution < -0.4 is 0 Å². The van der Waals surface area contributed by atoms with Gasteiger partial charge < -0.3 is 4.90 Å². The first-order valence-corrected chi connectivity index (χ1v) is 6.14. The summed E-state index contributed by atoms with van der Waals surface area (Å²) >= 11 is 0. The predicted octanol–water partition coefficient (Wildman–Crippen LogP) is 2.10. The number of rotatable bonds is 3. The van der Waals surface area contributed by atoms with Gasteiger partial charge in [0.25, 0.3) is 0 Å². The van der Waals surface area contributed by atoms with E-state index in [-0.39, 0.29) is 0 Å². The summed E-state index contributed by atoms with van der Waals surface area (Å²) in [5.74, 6) is 2.04. The number of hydrogen-bond acceptors (Lipinski definition) is 1. The lowest BCUT2D eigenvalue weighted by Gasteiger charge is -2.17. The first-order chi connectivity index (χ1) is 7.83. The molecule has 1 saturated carbocycles. The standard InChI is InChI=1S/C14H17NO/c16-14(15-9-12-8-13(12)10-15)7-6-11-4-2-1-3-5-11/h1-5,12-13H,6-10H2. The lowest BCUT2D eigenvalue weighted by atomic mass is 10.1. The SMILES string of the molecule is O=C(CCc1ccccc1)N1CC2CC2C1. The van der Waals surface area contributed by atoms with Crippen LogP contribution in [-0.2, 0) is 11.2 Å².